The summed E-state index contributed by atoms with van der Waals surface area (Å²) in [4.78, 5) is 27.5. The number of fused-ring (bicyclic) bond motifs is 2. The Kier molecular flexibility index (Phi) is 3.23. The predicted octanol–water partition coefficient (Wildman–Crippen LogP) is 1.76. The van der Waals surface area contributed by atoms with E-state index in [1.165, 1.54) is 0 Å². The molecule has 0 bridgehead atoms. The van der Waals surface area contributed by atoms with Gasteiger partial charge in [-0.25, -0.2) is 18.0 Å². The monoisotopic (exact) mass is 379 g/mol. The van der Waals surface area contributed by atoms with E-state index >= 15 is 4.39 Å². The normalized spacial score (nSPS) is 31.3. The zero-order valence-electron chi connectivity index (χ0n) is 14.3. The molecular weight excluding hydrogens is 363 g/mol. The van der Waals surface area contributed by atoms with Crippen LogP contribution in [0.2, 0.25) is 0 Å². The van der Waals surface area contributed by atoms with Gasteiger partial charge >= 0.3 is 5.97 Å². The number of carbonyl (C=O) groups is 1. The molecule has 0 amide bonds. The molecule has 1 aromatic heterocycles. The van der Waals surface area contributed by atoms with Crippen molar-refractivity contribution in [2.45, 2.75) is 30.7 Å². The number of carboxylic acid groups (broad SMARTS) is 1. The zero-order valence-corrected chi connectivity index (χ0v) is 14.3. The topological polar surface area (TPSA) is 65.6 Å². The highest BCUT2D eigenvalue weighted by Gasteiger charge is 2.52. The number of hydrogen-bond acceptors (Lipinski definition) is 4. The first kappa shape index (κ1) is 16.6. The summed E-state index contributed by atoms with van der Waals surface area (Å²) in [5.41, 5.74) is -2.08. The highest BCUT2D eigenvalue weighted by atomic mass is 19.1. The van der Waals surface area contributed by atoms with Crippen LogP contribution in [0.25, 0.3) is 10.9 Å². The molecule has 6 nitrogen and oxygen atoms in total. The molecule has 0 radical (unpaired) electrons. The molecule has 3 heterocycles. The van der Waals surface area contributed by atoms with Gasteiger partial charge in [0.1, 0.15) is 23.2 Å². The van der Waals surface area contributed by atoms with Gasteiger partial charge in [-0.15, -0.1) is 0 Å². The Morgan fingerprint density at radius 1 is 1.22 bits per heavy atom. The number of pyridine rings is 1. The molecule has 5 rings (SSSR count). The molecule has 27 heavy (non-hydrogen) atoms. The van der Waals surface area contributed by atoms with E-state index in [0.29, 0.717) is 13.1 Å². The highest BCUT2D eigenvalue weighted by molar-refractivity contribution is 5.94. The molecule has 3 fully saturated rings. The molecule has 9 heteroatoms. The van der Waals surface area contributed by atoms with E-state index < -0.39 is 40.8 Å². The van der Waals surface area contributed by atoms with Gasteiger partial charge < -0.3 is 14.6 Å². The van der Waals surface area contributed by atoms with Gasteiger partial charge in [-0.1, -0.05) is 0 Å². The number of aromatic carboxylic acids is 1. The molecule has 1 aromatic carbocycles. The Morgan fingerprint density at radius 2 is 1.85 bits per heavy atom. The minimum atomic E-state index is -1.51. The summed E-state index contributed by atoms with van der Waals surface area (Å²) >= 11 is 0. The van der Waals surface area contributed by atoms with Crippen LogP contribution in [0.1, 0.15) is 22.8 Å². The van der Waals surface area contributed by atoms with Crippen LogP contribution in [0.3, 0.4) is 0 Å². The van der Waals surface area contributed by atoms with Gasteiger partial charge in [-0.3, -0.25) is 9.69 Å². The van der Waals surface area contributed by atoms with E-state index in [2.05, 4.69) is 4.90 Å². The maximum Gasteiger partial charge on any atom is 0.341 e. The number of piperazine rings is 1. The fourth-order valence-electron chi connectivity index (χ4n) is 4.26. The van der Waals surface area contributed by atoms with Crippen LogP contribution in [0, 0.1) is 11.6 Å². The second kappa shape index (κ2) is 5.25. The van der Waals surface area contributed by atoms with E-state index in [1.54, 1.807) is 4.90 Å². The first-order valence-corrected chi connectivity index (χ1v) is 8.70. The van der Waals surface area contributed by atoms with Crippen molar-refractivity contribution < 1.29 is 23.1 Å². The number of aromatic nitrogens is 1. The maximum absolute atomic E-state index is 15.4. The second-order valence-electron chi connectivity index (χ2n) is 7.53. The summed E-state index contributed by atoms with van der Waals surface area (Å²) in [5.74, 6) is -3.37. The van der Waals surface area contributed by atoms with Gasteiger partial charge in [0.15, 0.2) is 5.82 Å². The first-order chi connectivity index (χ1) is 12.8. The number of nitrogens with zero attached hydrogens (tertiary/aromatic N) is 3. The smallest absolute Gasteiger partial charge is 0.341 e. The molecule has 2 aliphatic heterocycles. The molecule has 1 N–H and O–H groups in total. The molecule has 3 aliphatic rings. The molecule has 1 aliphatic carbocycles. The number of alkyl halides is 1. The SMILES string of the molecule is CN1C2CN(c3c(F)cc4c(=O)c(C(=O)O)cn(C5CC5F)c4c3F)CC21. The van der Waals surface area contributed by atoms with Crippen molar-refractivity contribution in [1.29, 1.82) is 0 Å². The van der Waals surface area contributed by atoms with Crippen LogP contribution in [-0.4, -0.2) is 58.9 Å². The summed E-state index contributed by atoms with van der Waals surface area (Å²) in [6.45, 7) is 0.931. The van der Waals surface area contributed by atoms with Crippen molar-refractivity contribution in [3.63, 3.8) is 0 Å². The predicted molar refractivity (Wildman–Crippen MR) is 91.2 cm³/mol. The van der Waals surface area contributed by atoms with E-state index in [1.807, 2.05) is 7.05 Å². The molecule has 142 valence electrons. The molecule has 2 saturated heterocycles. The summed E-state index contributed by atoms with van der Waals surface area (Å²) < 4.78 is 45.0. The van der Waals surface area contributed by atoms with Gasteiger partial charge in [0.25, 0.3) is 0 Å². The van der Waals surface area contributed by atoms with Crippen LogP contribution in [0.15, 0.2) is 17.1 Å². The van der Waals surface area contributed by atoms with Gasteiger partial charge in [0.05, 0.1) is 16.9 Å². The van der Waals surface area contributed by atoms with Crippen molar-refractivity contribution in [3.8, 4) is 0 Å². The van der Waals surface area contributed by atoms with E-state index in [4.69, 9.17) is 0 Å². The lowest BCUT2D eigenvalue weighted by Crippen LogP contribution is -2.30. The number of halogens is 3. The molecule has 4 atom stereocenters. The molecule has 2 aromatic rings. The lowest BCUT2D eigenvalue weighted by Gasteiger charge is -2.24. The third-order valence-corrected chi connectivity index (χ3v) is 5.98. The second-order valence-corrected chi connectivity index (χ2v) is 7.53. The molecule has 1 saturated carbocycles. The summed E-state index contributed by atoms with van der Waals surface area (Å²) in [6.07, 6.45) is -0.183. The minimum Gasteiger partial charge on any atom is -0.477 e. The minimum absolute atomic E-state index is 0.0990. The Balaban J connectivity index is 1.74. The van der Waals surface area contributed by atoms with Crippen molar-refractivity contribution in [2.75, 3.05) is 25.0 Å². The quantitative estimate of drug-likeness (QED) is 0.824. The molecular formula is C18H16F3N3O3. The fraction of sp³-hybridized carbons (Fsp3) is 0.444. The molecule has 0 spiro atoms. The van der Waals surface area contributed by atoms with Crippen LogP contribution in [0.5, 0.6) is 0 Å². The third-order valence-electron chi connectivity index (χ3n) is 5.98. The Hall–Kier alpha value is -2.55. The lowest BCUT2D eigenvalue weighted by atomic mass is 10.1. The van der Waals surface area contributed by atoms with Crippen molar-refractivity contribution in [1.82, 2.24) is 9.47 Å². The Morgan fingerprint density at radius 3 is 2.41 bits per heavy atom. The average molecular weight is 379 g/mol. The van der Waals surface area contributed by atoms with Crippen LogP contribution in [0.4, 0.5) is 18.9 Å². The van der Waals surface area contributed by atoms with E-state index in [0.717, 1.165) is 16.8 Å². The average Bonchev–Trinajstić information content (AvgIpc) is 3.40. The lowest BCUT2D eigenvalue weighted by molar-refractivity contribution is 0.0694. The standard InChI is InChI=1S/C18H16F3N3O3/c1-22-12-5-23(6-13(12)22)16-10(20)2-7-15(14(16)21)24(11-3-9(11)19)4-8(17(7)25)18(26)27/h2,4,9,11-13H,3,5-6H2,1H3,(H,26,27). The Labute approximate surface area is 151 Å². The van der Waals surface area contributed by atoms with Crippen LogP contribution < -0.4 is 10.3 Å². The number of likely N-dealkylation sites (N-methyl/N-ethyl adjacent to an activating group) is 1. The number of anilines is 1. The number of benzene rings is 1. The summed E-state index contributed by atoms with van der Waals surface area (Å²) in [6, 6.07) is 0.615. The van der Waals surface area contributed by atoms with Crippen LogP contribution >= 0.6 is 0 Å². The Bertz CT molecular complexity index is 1060. The van der Waals surface area contributed by atoms with E-state index in [-0.39, 0.29) is 35.1 Å². The van der Waals surface area contributed by atoms with Gasteiger partial charge in [0.2, 0.25) is 5.43 Å². The zero-order chi connectivity index (χ0) is 19.2. The molecule has 4 unspecified atom stereocenters. The van der Waals surface area contributed by atoms with E-state index in [9.17, 15) is 23.5 Å². The van der Waals surface area contributed by atoms with Crippen LogP contribution in [-0.2, 0) is 0 Å². The first-order valence-electron chi connectivity index (χ1n) is 8.70. The van der Waals surface area contributed by atoms with Gasteiger partial charge in [-0.2, -0.15) is 0 Å². The van der Waals surface area contributed by atoms with Crippen molar-refractivity contribution >= 4 is 22.6 Å². The fourth-order valence-corrected chi connectivity index (χ4v) is 4.26. The third kappa shape index (κ3) is 2.24. The highest BCUT2D eigenvalue weighted by Crippen LogP contribution is 2.43. The van der Waals surface area contributed by atoms with Crippen molar-refractivity contribution in [3.05, 3.63) is 39.7 Å². The van der Waals surface area contributed by atoms with Crippen molar-refractivity contribution in [2.24, 2.45) is 0 Å². The number of hydrogen-bond donors (Lipinski definition) is 1. The summed E-state index contributed by atoms with van der Waals surface area (Å²) in [5, 5.41) is 8.85. The summed E-state index contributed by atoms with van der Waals surface area (Å²) in [7, 11) is 1.94. The number of carboxylic acids is 1. The largest absolute Gasteiger partial charge is 0.477 e. The van der Waals surface area contributed by atoms with Gasteiger partial charge in [-0.05, 0) is 13.1 Å². The van der Waals surface area contributed by atoms with Gasteiger partial charge in [0, 0.05) is 37.8 Å². The number of rotatable bonds is 3. The maximum atomic E-state index is 15.4.